The zero-order valence-corrected chi connectivity index (χ0v) is 10.3. The molecule has 100 valence electrons. The summed E-state index contributed by atoms with van der Waals surface area (Å²) in [6, 6.07) is -0.149. The number of nitrogens with two attached hydrogens (primary N) is 1. The highest BCUT2D eigenvalue weighted by molar-refractivity contribution is 5.82. The zero-order valence-electron chi connectivity index (χ0n) is 10.3. The molecular weight excluding hydrogens is 226 g/mol. The van der Waals surface area contributed by atoms with Crippen molar-refractivity contribution in [1.29, 1.82) is 0 Å². The predicted molar refractivity (Wildman–Crippen MR) is 62.9 cm³/mol. The highest BCUT2D eigenvalue weighted by Gasteiger charge is 2.12. The lowest BCUT2D eigenvalue weighted by molar-refractivity contribution is -0.126. The van der Waals surface area contributed by atoms with Crippen LogP contribution in [0.1, 0.15) is 19.8 Å². The molecule has 1 unspecified atom stereocenters. The molecule has 0 heterocycles. The molecule has 1 amide bonds. The molecule has 0 rings (SSSR count). The normalized spacial score (nSPS) is 13.4. The van der Waals surface area contributed by atoms with Gasteiger partial charge in [0.05, 0.1) is 13.2 Å². The van der Waals surface area contributed by atoms with E-state index >= 15 is 0 Å². The topological polar surface area (TPSA) is 106 Å². The van der Waals surface area contributed by atoms with Crippen LogP contribution in [-0.2, 0) is 14.3 Å². The Morgan fingerprint density at radius 1 is 1.53 bits per heavy atom. The number of carbonyl (C=O) groups is 1. The van der Waals surface area contributed by atoms with E-state index in [2.05, 4.69) is 10.5 Å². The molecule has 0 radical (unpaired) electrons. The molecule has 7 heteroatoms. The van der Waals surface area contributed by atoms with Crippen molar-refractivity contribution in [1.82, 2.24) is 5.32 Å². The van der Waals surface area contributed by atoms with E-state index in [1.165, 1.54) is 0 Å². The minimum atomic E-state index is -0.223. The van der Waals surface area contributed by atoms with Gasteiger partial charge in [-0.3, -0.25) is 4.79 Å². The van der Waals surface area contributed by atoms with E-state index in [0.717, 1.165) is 0 Å². The summed E-state index contributed by atoms with van der Waals surface area (Å²) in [6.07, 6.45) is 1.01. The molecular formula is C10H21N3O4. The average molecular weight is 247 g/mol. The molecule has 4 N–H and O–H groups in total. The van der Waals surface area contributed by atoms with Crippen molar-refractivity contribution >= 4 is 11.7 Å². The zero-order chi connectivity index (χ0) is 13.1. The van der Waals surface area contributed by atoms with Crippen molar-refractivity contribution in [3.63, 3.8) is 0 Å². The summed E-state index contributed by atoms with van der Waals surface area (Å²) in [4.78, 5) is 11.4. The number of carbonyl (C=O) groups excluding carboxylic acids is 1. The minimum absolute atomic E-state index is 0.0178. The molecule has 0 aromatic carbocycles. The van der Waals surface area contributed by atoms with E-state index in [1.807, 2.05) is 6.92 Å². The van der Waals surface area contributed by atoms with E-state index in [4.69, 9.17) is 20.4 Å². The molecule has 0 aromatic rings. The number of amidine groups is 1. The van der Waals surface area contributed by atoms with E-state index in [0.29, 0.717) is 26.1 Å². The summed E-state index contributed by atoms with van der Waals surface area (Å²) >= 11 is 0. The van der Waals surface area contributed by atoms with Crippen molar-refractivity contribution in [2.75, 3.05) is 26.9 Å². The maximum absolute atomic E-state index is 11.4. The second-order valence-corrected chi connectivity index (χ2v) is 3.51. The summed E-state index contributed by atoms with van der Waals surface area (Å²) in [5, 5.41) is 14.0. The number of ether oxygens (including phenoxy) is 2. The number of methoxy groups -OCH3 is 1. The van der Waals surface area contributed by atoms with Gasteiger partial charge in [0.15, 0.2) is 0 Å². The Balaban J connectivity index is 3.82. The van der Waals surface area contributed by atoms with Gasteiger partial charge in [0.1, 0.15) is 12.4 Å². The van der Waals surface area contributed by atoms with Crippen molar-refractivity contribution in [2.45, 2.75) is 25.8 Å². The number of nitrogens with one attached hydrogen (secondary N) is 1. The maximum Gasteiger partial charge on any atom is 0.246 e. The lowest BCUT2D eigenvalue weighted by Crippen LogP contribution is -2.39. The molecule has 0 aromatic heterocycles. The van der Waals surface area contributed by atoms with Crippen LogP contribution in [0.5, 0.6) is 0 Å². The molecule has 0 aliphatic heterocycles. The largest absolute Gasteiger partial charge is 0.409 e. The Hall–Kier alpha value is -1.34. The second-order valence-electron chi connectivity index (χ2n) is 3.51. The van der Waals surface area contributed by atoms with Crippen LogP contribution in [-0.4, -0.2) is 49.9 Å². The summed E-state index contributed by atoms with van der Waals surface area (Å²) in [5.41, 5.74) is 5.37. The van der Waals surface area contributed by atoms with E-state index in [9.17, 15) is 4.79 Å². The highest BCUT2D eigenvalue weighted by atomic mass is 16.5. The van der Waals surface area contributed by atoms with E-state index in [-0.39, 0.29) is 24.4 Å². The van der Waals surface area contributed by atoms with E-state index < -0.39 is 0 Å². The van der Waals surface area contributed by atoms with Crippen LogP contribution < -0.4 is 11.1 Å². The number of rotatable bonds is 9. The van der Waals surface area contributed by atoms with Gasteiger partial charge < -0.3 is 25.7 Å². The first-order chi connectivity index (χ1) is 8.13. The number of nitrogens with zero attached hydrogens (tertiary/aromatic N) is 1. The number of amides is 1. The standard InChI is InChI=1S/C10H21N3O4/c1-3-8(6-9(11)13-15)12-10(14)7-17-5-4-16-2/h8,15H,3-7H2,1-2H3,(H2,11,13)(H,12,14). The molecule has 0 fully saturated rings. The fraction of sp³-hybridized carbons (Fsp3) is 0.800. The Morgan fingerprint density at radius 3 is 2.76 bits per heavy atom. The molecule has 0 saturated carbocycles. The smallest absolute Gasteiger partial charge is 0.246 e. The first-order valence-corrected chi connectivity index (χ1v) is 5.46. The first kappa shape index (κ1) is 15.7. The third-order valence-corrected chi connectivity index (χ3v) is 2.11. The quantitative estimate of drug-likeness (QED) is 0.170. The van der Waals surface area contributed by atoms with Crippen LogP contribution in [0.2, 0.25) is 0 Å². The maximum atomic E-state index is 11.4. The number of hydrogen-bond donors (Lipinski definition) is 3. The van der Waals surface area contributed by atoms with Gasteiger partial charge in [0.2, 0.25) is 5.91 Å². The minimum Gasteiger partial charge on any atom is -0.409 e. The monoisotopic (exact) mass is 247 g/mol. The SMILES string of the molecule is CCC(CC(N)=NO)NC(=O)COCCOC. The molecule has 0 saturated heterocycles. The first-order valence-electron chi connectivity index (χ1n) is 5.46. The van der Waals surface area contributed by atoms with Crippen molar-refractivity contribution in [2.24, 2.45) is 10.9 Å². The molecule has 0 aliphatic rings. The molecule has 0 bridgehead atoms. The van der Waals surface area contributed by atoms with E-state index in [1.54, 1.807) is 7.11 Å². The van der Waals surface area contributed by atoms with Gasteiger partial charge in [-0.2, -0.15) is 0 Å². The van der Waals surface area contributed by atoms with Crippen molar-refractivity contribution in [3.8, 4) is 0 Å². The van der Waals surface area contributed by atoms with Crippen molar-refractivity contribution < 1.29 is 19.5 Å². The van der Waals surface area contributed by atoms with Gasteiger partial charge in [-0.15, -0.1) is 0 Å². The Labute approximate surface area is 101 Å². The molecule has 7 nitrogen and oxygen atoms in total. The van der Waals surface area contributed by atoms with Gasteiger partial charge in [0, 0.05) is 19.6 Å². The number of oxime groups is 1. The third-order valence-electron chi connectivity index (χ3n) is 2.11. The van der Waals surface area contributed by atoms with Gasteiger partial charge >= 0.3 is 0 Å². The average Bonchev–Trinajstić information content (AvgIpc) is 2.33. The summed E-state index contributed by atoms with van der Waals surface area (Å²) in [5.74, 6) is -0.129. The van der Waals surface area contributed by atoms with Crippen LogP contribution in [0, 0.1) is 0 Å². The Bertz CT molecular complexity index is 246. The van der Waals surface area contributed by atoms with Gasteiger partial charge in [-0.05, 0) is 6.42 Å². The second kappa shape index (κ2) is 9.86. The van der Waals surface area contributed by atoms with Crippen LogP contribution in [0.25, 0.3) is 0 Å². The lowest BCUT2D eigenvalue weighted by Gasteiger charge is -2.16. The van der Waals surface area contributed by atoms with Gasteiger partial charge in [-0.1, -0.05) is 12.1 Å². The van der Waals surface area contributed by atoms with Gasteiger partial charge in [-0.25, -0.2) is 0 Å². The Kier molecular flexibility index (Phi) is 9.08. The van der Waals surface area contributed by atoms with Crippen LogP contribution in [0.15, 0.2) is 5.16 Å². The fourth-order valence-corrected chi connectivity index (χ4v) is 1.17. The molecule has 0 aliphatic carbocycles. The van der Waals surface area contributed by atoms with Crippen LogP contribution >= 0.6 is 0 Å². The molecule has 1 atom stereocenters. The highest BCUT2D eigenvalue weighted by Crippen LogP contribution is 1.97. The fourth-order valence-electron chi connectivity index (χ4n) is 1.17. The van der Waals surface area contributed by atoms with Crippen LogP contribution in [0.3, 0.4) is 0 Å². The van der Waals surface area contributed by atoms with Crippen LogP contribution in [0.4, 0.5) is 0 Å². The summed E-state index contributed by atoms with van der Waals surface area (Å²) in [6.45, 7) is 2.72. The predicted octanol–water partition coefficient (Wildman–Crippen LogP) is -0.319. The summed E-state index contributed by atoms with van der Waals surface area (Å²) in [7, 11) is 1.56. The van der Waals surface area contributed by atoms with Gasteiger partial charge in [0.25, 0.3) is 0 Å². The number of hydrogen-bond acceptors (Lipinski definition) is 5. The third kappa shape index (κ3) is 8.47. The summed E-state index contributed by atoms with van der Waals surface area (Å²) < 4.78 is 9.84. The molecule has 17 heavy (non-hydrogen) atoms. The molecule has 0 spiro atoms. The Morgan fingerprint density at radius 2 is 2.24 bits per heavy atom. The van der Waals surface area contributed by atoms with Crippen molar-refractivity contribution in [3.05, 3.63) is 0 Å². The lowest BCUT2D eigenvalue weighted by atomic mass is 10.1.